The van der Waals surface area contributed by atoms with Gasteiger partial charge in [0.05, 0.1) is 16.8 Å². The number of nitrogens with zero attached hydrogens (tertiary/aromatic N) is 1. The number of aromatic nitrogens is 1. The fourth-order valence-corrected chi connectivity index (χ4v) is 3.28. The topological polar surface area (TPSA) is 77.5 Å². The molecule has 1 N–H and O–H groups in total. The lowest BCUT2D eigenvalue weighted by Crippen LogP contribution is -2.29. The predicted octanol–water partition coefficient (Wildman–Crippen LogP) is 3.33. The van der Waals surface area contributed by atoms with E-state index in [-0.39, 0.29) is 25.7 Å². The van der Waals surface area contributed by atoms with Crippen LogP contribution in [0.1, 0.15) is 10.6 Å². The van der Waals surface area contributed by atoms with Crippen molar-refractivity contribution in [2.45, 2.75) is 13.2 Å². The minimum atomic E-state index is -0.599. The predicted molar refractivity (Wildman–Crippen MR) is 104 cm³/mol. The molecular weight excluding hydrogens is 388 g/mol. The van der Waals surface area contributed by atoms with Gasteiger partial charge in [0.25, 0.3) is 5.91 Å². The Morgan fingerprint density at radius 2 is 1.85 bits per heavy atom. The summed E-state index contributed by atoms with van der Waals surface area (Å²) in [6.07, 6.45) is 0. The summed E-state index contributed by atoms with van der Waals surface area (Å²) in [6, 6.07) is 14.9. The molecule has 0 unspecified atom stereocenters. The van der Waals surface area contributed by atoms with Crippen LogP contribution in [0.4, 0.5) is 0 Å². The summed E-state index contributed by atoms with van der Waals surface area (Å²) in [5, 5.41) is 4.07. The summed E-state index contributed by atoms with van der Waals surface area (Å²) in [5.41, 5.74) is 1.80. The van der Waals surface area contributed by atoms with Gasteiger partial charge in [-0.05, 0) is 29.8 Å². The highest BCUT2D eigenvalue weighted by Crippen LogP contribution is 2.21. The molecule has 3 aromatic rings. The number of ether oxygens (including phenoxy) is 2. The molecule has 0 atom stereocenters. The standard InChI is InChI=1S/C19H17ClN2O4S/c20-14-7-5-13(6-8-14)9-21-17(23)10-26-19(24)12-25-11-18-22-15-3-1-2-4-16(15)27-18/h1-8H,9-12H2,(H,21,23). The quantitative estimate of drug-likeness (QED) is 0.583. The lowest BCUT2D eigenvalue weighted by molar-refractivity contribution is -0.153. The smallest absolute Gasteiger partial charge is 0.332 e. The molecule has 0 radical (unpaired) electrons. The molecule has 0 saturated carbocycles. The number of benzene rings is 2. The largest absolute Gasteiger partial charge is 0.454 e. The summed E-state index contributed by atoms with van der Waals surface area (Å²) in [5.74, 6) is -0.984. The van der Waals surface area contributed by atoms with Crippen LogP contribution in [0.15, 0.2) is 48.5 Å². The average Bonchev–Trinajstić information content (AvgIpc) is 3.08. The van der Waals surface area contributed by atoms with Crippen molar-refractivity contribution in [2.75, 3.05) is 13.2 Å². The molecule has 3 rings (SSSR count). The minimum absolute atomic E-state index is 0.219. The van der Waals surface area contributed by atoms with Crippen LogP contribution in [0, 0.1) is 0 Å². The van der Waals surface area contributed by atoms with Crippen LogP contribution in [0.3, 0.4) is 0 Å². The molecule has 0 aliphatic rings. The number of para-hydroxylation sites is 1. The summed E-state index contributed by atoms with van der Waals surface area (Å²) >= 11 is 7.31. The van der Waals surface area contributed by atoms with E-state index in [1.54, 1.807) is 12.1 Å². The molecule has 8 heteroatoms. The molecular formula is C19H17ClN2O4S. The van der Waals surface area contributed by atoms with E-state index in [1.165, 1.54) is 11.3 Å². The van der Waals surface area contributed by atoms with Crippen molar-refractivity contribution in [3.05, 3.63) is 64.1 Å². The lowest BCUT2D eigenvalue weighted by atomic mass is 10.2. The number of thiazole rings is 1. The van der Waals surface area contributed by atoms with E-state index in [9.17, 15) is 9.59 Å². The molecule has 0 fully saturated rings. The van der Waals surface area contributed by atoms with Crippen LogP contribution >= 0.6 is 22.9 Å². The number of fused-ring (bicyclic) bond motifs is 1. The van der Waals surface area contributed by atoms with E-state index in [2.05, 4.69) is 10.3 Å². The van der Waals surface area contributed by atoms with Crippen molar-refractivity contribution in [2.24, 2.45) is 0 Å². The molecule has 1 amide bonds. The van der Waals surface area contributed by atoms with Gasteiger partial charge in [0, 0.05) is 11.6 Å². The van der Waals surface area contributed by atoms with Crippen molar-refractivity contribution >= 4 is 45.0 Å². The normalized spacial score (nSPS) is 10.7. The fourth-order valence-electron chi connectivity index (χ4n) is 2.24. The van der Waals surface area contributed by atoms with Crippen LogP contribution in [0.25, 0.3) is 10.2 Å². The molecule has 1 heterocycles. The third kappa shape index (κ3) is 6.02. The molecule has 1 aromatic heterocycles. The highest BCUT2D eigenvalue weighted by atomic mass is 35.5. The number of esters is 1. The maximum absolute atomic E-state index is 11.7. The van der Waals surface area contributed by atoms with E-state index in [0.29, 0.717) is 11.6 Å². The van der Waals surface area contributed by atoms with Crippen LogP contribution < -0.4 is 5.32 Å². The Hall–Kier alpha value is -2.48. The first-order valence-corrected chi connectivity index (χ1v) is 9.38. The fraction of sp³-hybridized carbons (Fsp3) is 0.211. The van der Waals surface area contributed by atoms with Gasteiger partial charge in [-0.15, -0.1) is 11.3 Å². The molecule has 0 saturated heterocycles. The van der Waals surface area contributed by atoms with Gasteiger partial charge in [0.2, 0.25) is 0 Å². The van der Waals surface area contributed by atoms with Gasteiger partial charge in [-0.25, -0.2) is 9.78 Å². The van der Waals surface area contributed by atoms with Gasteiger partial charge in [-0.1, -0.05) is 35.9 Å². The van der Waals surface area contributed by atoms with E-state index < -0.39 is 5.97 Å². The van der Waals surface area contributed by atoms with Gasteiger partial charge in [0.15, 0.2) is 6.61 Å². The van der Waals surface area contributed by atoms with Gasteiger partial charge in [-0.2, -0.15) is 0 Å². The number of carbonyl (C=O) groups is 2. The Balaban J connectivity index is 1.33. The molecule has 2 aromatic carbocycles. The number of halogens is 1. The summed E-state index contributed by atoms with van der Waals surface area (Å²) in [7, 11) is 0. The second kappa shape index (κ2) is 9.45. The Bertz CT molecular complexity index is 894. The zero-order valence-electron chi connectivity index (χ0n) is 14.3. The second-order valence-corrected chi connectivity index (χ2v) is 7.18. The first-order valence-electron chi connectivity index (χ1n) is 8.19. The van der Waals surface area contributed by atoms with Gasteiger partial charge >= 0.3 is 5.97 Å². The van der Waals surface area contributed by atoms with Crippen LogP contribution in [0.5, 0.6) is 0 Å². The summed E-state index contributed by atoms with van der Waals surface area (Å²) < 4.78 is 11.3. The molecule has 140 valence electrons. The number of amides is 1. The van der Waals surface area contributed by atoms with Crippen molar-refractivity contribution in [3.63, 3.8) is 0 Å². The van der Waals surface area contributed by atoms with E-state index in [1.807, 2.05) is 36.4 Å². The number of hydrogen-bond donors (Lipinski definition) is 1. The van der Waals surface area contributed by atoms with E-state index >= 15 is 0 Å². The monoisotopic (exact) mass is 404 g/mol. The van der Waals surface area contributed by atoms with Crippen molar-refractivity contribution in [1.29, 1.82) is 0 Å². The molecule has 27 heavy (non-hydrogen) atoms. The molecule has 0 spiro atoms. The third-order valence-corrected chi connectivity index (χ3v) is 4.81. The average molecular weight is 405 g/mol. The van der Waals surface area contributed by atoms with Crippen LogP contribution in [0.2, 0.25) is 5.02 Å². The van der Waals surface area contributed by atoms with Gasteiger partial charge < -0.3 is 14.8 Å². The van der Waals surface area contributed by atoms with Crippen molar-refractivity contribution in [3.8, 4) is 0 Å². The van der Waals surface area contributed by atoms with Crippen LogP contribution in [-0.2, 0) is 32.2 Å². The number of nitrogens with one attached hydrogen (secondary N) is 1. The molecule has 0 bridgehead atoms. The zero-order valence-corrected chi connectivity index (χ0v) is 15.9. The molecule has 6 nitrogen and oxygen atoms in total. The summed E-state index contributed by atoms with van der Waals surface area (Å²) in [4.78, 5) is 27.8. The first-order chi connectivity index (χ1) is 13.1. The SMILES string of the molecule is O=C(COC(=O)COCc1nc2ccccc2s1)NCc1ccc(Cl)cc1. The Morgan fingerprint density at radius 3 is 2.63 bits per heavy atom. The van der Waals surface area contributed by atoms with Crippen molar-refractivity contribution in [1.82, 2.24) is 10.3 Å². The molecule has 0 aliphatic carbocycles. The van der Waals surface area contributed by atoms with Gasteiger partial charge in [0.1, 0.15) is 11.6 Å². The first kappa shape index (κ1) is 19.3. The van der Waals surface area contributed by atoms with Gasteiger partial charge in [-0.3, -0.25) is 4.79 Å². The van der Waals surface area contributed by atoms with E-state index in [4.69, 9.17) is 21.1 Å². The maximum atomic E-state index is 11.7. The minimum Gasteiger partial charge on any atom is -0.454 e. The summed E-state index contributed by atoms with van der Waals surface area (Å²) in [6.45, 7) is -0.0316. The number of carbonyl (C=O) groups excluding carboxylic acids is 2. The second-order valence-electron chi connectivity index (χ2n) is 5.63. The number of rotatable bonds is 8. The third-order valence-electron chi connectivity index (χ3n) is 3.55. The Kier molecular flexibility index (Phi) is 6.75. The van der Waals surface area contributed by atoms with Crippen LogP contribution in [-0.4, -0.2) is 30.1 Å². The maximum Gasteiger partial charge on any atom is 0.332 e. The Labute approximate surface area is 165 Å². The molecule has 0 aliphatic heterocycles. The highest BCUT2D eigenvalue weighted by Gasteiger charge is 2.09. The highest BCUT2D eigenvalue weighted by molar-refractivity contribution is 7.18. The zero-order chi connectivity index (χ0) is 19.1. The van der Waals surface area contributed by atoms with E-state index in [0.717, 1.165) is 20.8 Å². The Morgan fingerprint density at radius 1 is 1.07 bits per heavy atom. The lowest BCUT2D eigenvalue weighted by Gasteiger charge is -2.07. The van der Waals surface area contributed by atoms with Crippen molar-refractivity contribution < 1.29 is 19.1 Å². The number of hydrogen-bond acceptors (Lipinski definition) is 6.